The van der Waals surface area contributed by atoms with E-state index in [4.69, 9.17) is 9.47 Å². The molecular weight excluding hydrogens is 458 g/mol. The summed E-state index contributed by atoms with van der Waals surface area (Å²) < 4.78 is 11.8. The molecule has 0 radical (unpaired) electrons. The summed E-state index contributed by atoms with van der Waals surface area (Å²) in [4.78, 5) is 56.4. The number of ether oxygens (including phenoxy) is 2. The van der Waals surface area contributed by atoms with E-state index in [0.717, 1.165) is 10.5 Å². The Morgan fingerprint density at radius 1 is 0.833 bits per heavy atom. The van der Waals surface area contributed by atoms with Crippen LogP contribution in [-0.2, 0) is 14.3 Å². The molecule has 3 aromatic carbocycles. The van der Waals surface area contributed by atoms with Gasteiger partial charge in [0.1, 0.15) is 5.75 Å². The number of nitrogens with zero attached hydrogens (tertiary/aromatic N) is 1. The van der Waals surface area contributed by atoms with E-state index in [1.54, 1.807) is 60.7 Å². The van der Waals surface area contributed by atoms with E-state index in [2.05, 4.69) is 0 Å². The van der Waals surface area contributed by atoms with Gasteiger partial charge >= 0.3 is 0 Å². The second-order valence-electron chi connectivity index (χ2n) is 9.33. The number of ketones is 2. The van der Waals surface area contributed by atoms with Crippen molar-refractivity contribution >= 4 is 29.1 Å². The Morgan fingerprint density at radius 3 is 2.03 bits per heavy atom. The minimum atomic E-state index is -2.08. The molecule has 0 N–H and O–H groups in total. The van der Waals surface area contributed by atoms with E-state index in [-0.39, 0.29) is 11.1 Å². The molecule has 0 bridgehead atoms. The van der Waals surface area contributed by atoms with Crippen LogP contribution in [0.5, 0.6) is 5.75 Å². The number of carbonyl (C=O) groups is 4. The highest BCUT2D eigenvalue weighted by Gasteiger charge is 2.74. The van der Waals surface area contributed by atoms with Crippen LogP contribution >= 0.6 is 0 Å². The lowest BCUT2D eigenvalue weighted by atomic mass is 9.77. The second-order valence-corrected chi connectivity index (χ2v) is 9.33. The van der Waals surface area contributed by atoms with Crippen LogP contribution in [0.2, 0.25) is 0 Å². The van der Waals surface area contributed by atoms with Crippen molar-refractivity contribution in [3.05, 3.63) is 95.1 Å². The summed E-state index contributed by atoms with van der Waals surface area (Å²) in [5, 5.41) is 0. The van der Waals surface area contributed by atoms with E-state index in [1.165, 1.54) is 0 Å². The van der Waals surface area contributed by atoms with Crippen LogP contribution in [0.1, 0.15) is 44.9 Å². The number of carbonyl (C=O) groups excluding carboxylic acids is 4. The fourth-order valence-corrected chi connectivity index (χ4v) is 5.69. The van der Waals surface area contributed by atoms with Gasteiger partial charge < -0.3 is 9.47 Å². The molecular formula is C29H23NO6. The zero-order chi connectivity index (χ0) is 25.2. The Labute approximate surface area is 207 Å². The molecule has 2 amide bonds. The summed E-state index contributed by atoms with van der Waals surface area (Å²) in [5.74, 6) is -3.88. The third-order valence-corrected chi connectivity index (χ3v) is 7.33. The van der Waals surface area contributed by atoms with Gasteiger partial charge in [0, 0.05) is 11.1 Å². The van der Waals surface area contributed by atoms with E-state index in [9.17, 15) is 19.2 Å². The summed E-state index contributed by atoms with van der Waals surface area (Å²) in [6.07, 6.45) is -0.959. The maximum atomic E-state index is 13.9. The lowest BCUT2D eigenvalue weighted by Crippen LogP contribution is -2.51. The first-order valence-electron chi connectivity index (χ1n) is 11.9. The minimum absolute atomic E-state index is 0.211. The van der Waals surface area contributed by atoms with Gasteiger partial charge in [0.25, 0.3) is 0 Å². The SMILES string of the molecule is CCOc1ccc([C@H]2OC3(C(=O)c4ccccc4C3=O)[C@H]3C(=O)N(c4ccc(C)cc4)C(=O)[C@H]23)cc1. The first-order valence-corrected chi connectivity index (χ1v) is 11.9. The zero-order valence-corrected chi connectivity index (χ0v) is 19.8. The number of benzene rings is 3. The molecule has 36 heavy (non-hydrogen) atoms. The maximum absolute atomic E-state index is 13.9. The van der Waals surface area contributed by atoms with Crippen LogP contribution in [0.25, 0.3) is 0 Å². The smallest absolute Gasteiger partial charge is 0.241 e. The van der Waals surface area contributed by atoms with Crippen molar-refractivity contribution in [2.75, 3.05) is 11.5 Å². The highest BCUT2D eigenvalue weighted by Crippen LogP contribution is 2.57. The number of fused-ring (bicyclic) bond motifs is 3. The van der Waals surface area contributed by atoms with Crippen molar-refractivity contribution in [2.24, 2.45) is 11.8 Å². The van der Waals surface area contributed by atoms with Crippen molar-refractivity contribution in [3.63, 3.8) is 0 Å². The van der Waals surface area contributed by atoms with Gasteiger partial charge in [0.2, 0.25) is 29.0 Å². The predicted octanol–water partition coefficient (Wildman–Crippen LogP) is 4.09. The first kappa shape index (κ1) is 22.4. The molecule has 2 aliphatic heterocycles. The van der Waals surface area contributed by atoms with Gasteiger partial charge in [-0.05, 0) is 43.7 Å². The molecule has 1 aliphatic carbocycles. The molecule has 2 heterocycles. The Bertz CT molecular complexity index is 1390. The van der Waals surface area contributed by atoms with E-state index < -0.39 is 46.9 Å². The van der Waals surface area contributed by atoms with Crippen LogP contribution in [0.15, 0.2) is 72.8 Å². The van der Waals surface area contributed by atoms with Gasteiger partial charge in [-0.1, -0.05) is 54.1 Å². The molecule has 0 unspecified atom stereocenters. The molecule has 7 nitrogen and oxygen atoms in total. The summed E-state index contributed by atoms with van der Waals surface area (Å²) in [7, 11) is 0. The Kier molecular flexibility index (Phi) is 4.95. The molecule has 7 heteroatoms. The van der Waals surface area contributed by atoms with Gasteiger partial charge in [0.05, 0.1) is 30.2 Å². The zero-order valence-electron chi connectivity index (χ0n) is 19.8. The number of aryl methyl sites for hydroxylation is 1. The van der Waals surface area contributed by atoms with Gasteiger partial charge in [-0.25, -0.2) is 4.90 Å². The van der Waals surface area contributed by atoms with Gasteiger partial charge in [-0.15, -0.1) is 0 Å². The minimum Gasteiger partial charge on any atom is -0.494 e. The van der Waals surface area contributed by atoms with Crippen LogP contribution in [-0.4, -0.2) is 35.6 Å². The summed E-state index contributed by atoms with van der Waals surface area (Å²) in [5.41, 5.74) is 0.311. The quantitative estimate of drug-likeness (QED) is 0.412. The number of rotatable bonds is 4. The molecule has 3 aromatic rings. The third-order valence-electron chi connectivity index (χ3n) is 7.33. The van der Waals surface area contributed by atoms with Crippen molar-refractivity contribution in [3.8, 4) is 5.75 Å². The molecule has 180 valence electrons. The number of hydrogen-bond donors (Lipinski definition) is 0. The molecule has 2 fully saturated rings. The van der Waals surface area contributed by atoms with Crippen molar-refractivity contribution in [1.82, 2.24) is 0 Å². The van der Waals surface area contributed by atoms with Gasteiger partial charge in [0.15, 0.2) is 0 Å². The number of anilines is 1. The highest BCUT2D eigenvalue weighted by atomic mass is 16.5. The number of imide groups is 1. The highest BCUT2D eigenvalue weighted by molar-refractivity contribution is 6.37. The van der Waals surface area contributed by atoms with Crippen LogP contribution in [0.4, 0.5) is 5.69 Å². The number of amides is 2. The van der Waals surface area contributed by atoms with Gasteiger partial charge in [-0.2, -0.15) is 0 Å². The fourth-order valence-electron chi connectivity index (χ4n) is 5.69. The largest absolute Gasteiger partial charge is 0.494 e. The maximum Gasteiger partial charge on any atom is 0.241 e. The van der Waals surface area contributed by atoms with Crippen LogP contribution in [0, 0.1) is 18.8 Å². The van der Waals surface area contributed by atoms with Crippen molar-refractivity contribution in [1.29, 1.82) is 0 Å². The molecule has 3 atom stereocenters. The van der Waals surface area contributed by atoms with E-state index >= 15 is 0 Å². The predicted molar refractivity (Wildman–Crippen MR) is 130 cm³/mol. The summed E-state index contributed by atoms with van der Waals surface area (Å²) in [6.45, 7) is 4.27. The van der Waals surface area contributed by atoms with Crippen LogP contribution in [0.3, 0.4) is 0 Å². The van der Waals surface area contributed by atoms with Crippen molar-refractivity contribution < 1.29 is 28.7 Å². The third kappa shape index (κ3) is 2.89. The molecule has 2 saturated heterocycles. The summed E-state index contributed by atoms with van der Waals surface area (Å²) in [6, 6.07) is 20.4. The lowest BCUT2D eigenvalue weighted by molar-refractivity contribution is -0.127. The Balaban J connectivity index is 1.50. The fraction of sp³-hybridized carbons (Fsp3) is 0.241. The van der Waals surface area contributed by atoms with E-state index in [1.807, 2.05) is 26.0 Å². The summed E-state index contributed by atoms with van der Waals surface area (Å²) >= 11 is 0. The normalized spacial score (nSPS) is 23.9. The monoisotopic (exact) mass is 481 g/mol. The molecule has 3 aliphatic rings. The molecule has 0 aromatic heterocycles. The first-order chi connectivity index (χ1) is 17.4. The van der Waals surface area contributed by atoms with Crippen molar-refractivity contribution in [2.45, 2.75) is 25.6 Å². The standard InChI is InChI=1S/C29H23NO6/c1-3-35-19-14-10-17(11-15-19)24-22-23(28(34)30(27(22)33)18-12-8-16(2)9-13-18)29(36-24)25(31)20-6-4-5-7-21(20)26(29)32/h4-15,22-24H,3H2,1-2H3/t22-,23+,24+/m0/s1. The Hall–Kier alpha value is -4.10. The van der Waals surface area contributed by atoms with Crippen LogP contribution < -0.4 is 9.64 Å². The molecule has 1 spiro atoms. The van der Waals surface area contributed by atoms with Gasteiger partial charge in [-0.3, -0.25) is 19.2 Å². The van der Waals surface area contributed by atoms with E-state index in [0.29, 0.717) is 23.6 Å². The average Bonchev–Trinajstić information content (AvgIpc) is 3.45. The topological polar surface area (TPSA) is 90.0 Å². The average molecular weight is 482 g/mol. The molecule has 0 saturated carbocycles. The molecule has 6 rings (SSSR count). The second kappa shape index (κ2) is 7.96. The number of Topliss-reactive ketones (excluding diaryl/α,β-unsaturated/α-hetero) is 2. The Morgan fingerprint density at radius 2 is 1.44 bits per heavy atom. The number of hydrogen-bond acceptors (Lipinski definition) is 6. The lowest BCUT2D eigenvalue weighted by Gasteiger charge is -2.27.